The van der Waals surface area contributed by atoms with Crippen LogP contribution < -0.4 is 0 Å². The van der Waals surface area contributed by atoms with E-state index in [-0.39, 0.29) is 5.82 Å². The SMILES string of the molecule is Cc1nc(-c2ccc(F)cc2)sc1/C=C/C(=O)O. The molecule has 0 aliphatic heterocycles. The number of carboxylic acid groups (broad SMARTS) is 1. The van der Waals surface area contributed by atoms with Gasteiger partial charge >= 0.3 is 5.97 Å². The maximum atomic E-state index is 12.8. The van der Waals surface area contributed by atoms with Crippen molar-refractivity contribution in [3.8, 4) is 10.6 Å². The minimum absolute atomic E-state index is 0.293. The van der Waals surface area contributed by atoms with Gasteiger partial charge in [-0.2, -0.15) is 0 Å². The molecule has 0 bridgehead atoms. The molecule has 92 valence electrons. The van der Waals surface area contributed by atoms with E-state index >= 15 is 0 Å². The molecular formula is C13H10FNO2S. The monoisotopic (exact) mass is 263 g/mol. The molecule has 0 unspecified atom stereocenters. The normalized spacial score (nSPS) is 11.0. The minimum atomic E-state index is -0.994. The summed E-state index contributed by atoms with van der Waals surface area (Å²) in [4.78, 5) is 15.6. The molecule has 3 nitrogen and oxygen atoms in total. The number of nitrogens with zero attached hydrogens (tertiary/aromatic N) is 1. The van der Waals surface area contributed by atoms with Crippen LogP contribution in [0.2, 0.25) is 0 Å². The number of hydrogen-bond acceptors (Lipinski definition) is 3. The Balaban J connectivity index is 2.34. The van der Waals surface area contributed by atoms with Gasteiger partial charge in [0.1, 0.15) is 10.8 Å². The topological polar surface area (TPSA) is 50.2 Å². The third-order valence-electron chi connectivity index (χ3n) is 2.30. The molecule has 1 aromatic carbocycles. The number of rotatable bonds is 3. The minimum Gasteiger partial charge on any atom is -0.478 e. The summed E-state index contributed by atoms with van der Waals surface area (Å²) in [7, 11) is 0. The van der Waals surface area contributed by atoms with Gasteiger partial charge in [0.25, 0.3) is 0 Å². The highest BCUT2D eigenvalue weighted by atomic mass is 32.1. The van der Waals surface area contributed by atoms with Crippen LogP contribution in [0.3, 0.4) is 0 Å². The molecule has 1 aromatic heterocycles. The summed E-state index contributed by atoms with van der Waals surface area (Å²) >= 11 is 1.38. The Morgan fingerprint density at radius 3 is 2.67 bits per heavy atom. The molecule has 1 heterocycles. The van der Waals surface area contributed by atoms with Crippen LogP contribution in [0.5, 0.6) is 0 Å². The summed E-state index contributed by atoms with van der Waals surface area (Å²) in [6.45, 7) is 1.81. The van der Waals surface area contributed by atoms with Crippen molar-refractivity contribution >= 4 is 23.4 Å². The highest BCUT2D eigenvalue weighted by Gasteiger charge is 2.07. The summed E-state index contributed by atoms with van der Waals surface area (Å²) in [5.74, 6) is -1.29. The number of carboxylic acids is 1. The first-order valence-electron chi connectivity index (χ1n) is 5.20. The van der Waals surface area contributed by atoms with Crippen LogP contribution in [0, 0.1) is 12.7 Å². The molecule has 18 heavy (non-hydrogen) atoms. The molecule has 0 radical (unpaired) electrons. The number of thiazole rings is 1. The van der Waals surface area contributed by atoms with Gasteiger partial charge in [-0.05, 0) is 37.3 Å². The van der Waals surface area contributed by atoms with Gasteiger partial charge in [0.05, 0.1) is 10.6 Å². The number of benzene rings is 1. The molecule has 5 heteroatoms. The standard InChI is InChI=1S/C13H10FNO2S/c1-8-11(6-7-12(16)17)18-13(15-8)9-2-4-10(14)5-3-9/h2-7H,1H3,(H,16,17)/b7-6+. The molecule has 2 rings (SSSR count). The maximum Gasteiger partial charge on any atom is 0.328 e. The van der Waals surface area contributed by atoms with Crippen LogP contribution in [0.1, 0.15) is 10.6 Å². The zero-order valence-electron chi connectivity index (χ0n) is 9.55. The number of aromatic nitrogens is 1. The first-order chi connectivity index (χ1) is 8.56. The van der Waals surface area contributed by atoms with Crippen molar-refractivity contribution in [3.63, 3.8) is 0 Å². The zero-order chi connectivity index (χ0) is 13.1. The van der Waals surface area contributed by atoms with E-state index in [1.807, 2.05) is 6.92 Å². The molecule has 0 aliphatic rings. The highest BCUT2D eigenvalue weighted by molar-refractivity contribution is 7.16. The van der Waals surface area contributed by atoms with E-state index in [4.69, 9.17) is 5.11 Å². The van der Waals surface area contributed by atoms with Gasteiger partial charge < -0.3 is 5.11 Å². The molecule has 2 aromatic rings. The van der Waals surface area contributed by atoms with Crippen molar-refractivity contribution in [2.24, 2.45) is 0 Å². The summed E-state index contributed by atoms with van der Waals surface area (Å²) < 4.78 is 12.8. The molecule has 0 aliphatic carbocycles. The lowest BCUT2D eigenvalue weighted by Gasteiger charge is -1.94. The predicted octanol–water partition coefficient (Wildman–Crippen LogP) is 3.36. The van der Waals surface area contributed by atoms with E-state index in [1.54, 1.807) is 12.1 Å². The average Bonchev–Trinajstić information content (AvgIpc) is 2.69. The van der Waals surface area contributed by atoms with E-state index in [1.165, 1.54) is 29.5 Å². The van der Waals surface area contributed by atoms with Gasteiger partial charge in [-0.25, -0.2) is 14.2 Å². The van der Waals surface area contributed by atoms with Gasteiger partial charge in [-0.15, -0.1) is 11.3 Å². The average molecular weight is 263 g/mol. The van der Waals surface area contributed by atoms with E-state index in [9.17, 15) is 9.18 Å². The van der Waals surface area contributed by atoms with Crippen LogP contribution in [0.25, 0.3) is 16.6 Å². The lowest BCUT2D eigenvalue weighted by Crippen LogP contribution is -1.85. The zero-order valence-corrected chi connectivity index (χ0v) is 10.4. The van der Waals surface area contributed by atoms with E-state index in [2.05, 4.69) is 4.98 Å². The van der Waals surface area contributed by atoms with Crippen molar-refractivity contribution in [2.75, 3.05) is 0 Å². The smallest absolute Gasteiger partial charge is 0.328 e. The number of hydrogen-bond donors (Lipinski definition) is 1. The van der Waals surface area contributed by atoms with Crippen molar-refractivity contribution in [1.29, 1.82) is 0 Å². The second kappa shape index (κ2) is 5.10. The quantitative estimate of drug-likeness (QED) is 0.864. The Kier molecular flexibility index (Phi) is 3.53. The number of aryl methyl sites for hydroxylation is 1. The predicted molar refractivity (Wildman–Crippen MR) is 68.9 cm³/mol. The van der Waals surface area contributed by atoms with Crippen molar-refractivity contribution < 1.29 is 14.3 Å². The van der Waals surface area contributed by atoms with Crippen LogP contribution in [0.4, 0.5) is 4.39 Å². The fourth-order valence-corrected chi connectivity index (χ4v) is 2.40. The molecular weight excluding hydrogens is 253 g/mol. The largest absolute Gasteiger partial charge is 0.478 e. The van der Waals surface area contributed by atoms with Crippen LogP contribution in [-0.4, -0.2) is 16.1 Å². The van der Waals surface area contributed by atoms with E-state index in [0.717, 1.165) is 27.2 Å². The van der Waals surface area contributed by atoms with Crippen LogP contribution in [0.15, 0.2) is 30.3 Å². The van der Waals surface area contributed by atoms with E-state index < -0.39 is 5.97 Å². The van der Waals surface area contributed by atoms with Crippen LogP contribution in [-0.2, 0) is 4.79 Å². The molecule has 0 fully saturated rings. The van der Waals surface area contributed by atoms with Crippen LogP contribution >= 0.6 is 11.3 Å². The number of halogens is 1. The number of aliphatic carboxylic acids is 1. The molecule has 0 spiro atoms. The first-order valence-corrected chi connectivity index (χ1v) is 6.02. The Morgan fingerprint density at radius 1 is 1.39 bits per heavy atom. The third-order valence-corrected chi connectivity index (χ3v) is 3.47. The summed E-state index contributed by atoms with van der Waals surface area (Å²) in [5, 5.41) is 9.32. The van der Waals surface area contributed by atoms with Gasteiger partial charge in [-0.3, -0.25) is 0 Å². The molecule has 0 saturated heterocycles. The first kappa shape index (κ1) is 12.4. The highest BCUT2D eigenvalue weighted by Crippen LogP contribution is 2.28. The number of carbonyl (C=O) groups is 1. The van der Waals surface area contributed by atoms with Gasteiger partial charge in [0.2, 0.25) is 0 Å². The fourth-order valence-electron chi connectivity index (χ4n) is 1.43. The Hall–Kier alpha value is -2.01. The van der Waals surface area contributed by atoms with Gasteiger partial charge in [0.15, 0.2) is 0 Å². The summed E-state index contributed by atoms with van der Waals surface area (Å²) in [6.07, 6.45) is 2.59. The lowest BCUT2D eigenvalue weighted by molar-refractivity contribution is -0.131. The van der Waals surface area contributed by atoms with Crippen molar-refractivity contribution in [2.45, 2.75) is 6.92 Å². The molecule has 1 N–H and O–H groups in total. The van der Waals surface area contributed by atoms with Crippen molar-refractivity contribution in [1.82, 2.24) is 4.98 Å². The molecule has 0 atom stereocenters. The van der Waals surface area contributed by atoms with E-state index in [0.29, 0.717) is 0 Å². The van der Waals surface area contributed by atoms with Gasteiger partial charge in [0, 0.05) is 11.6 Å². The Morgan fingerprint density at radius 2 is 2.06 bits per heavy atom. The molecule has 0 amide bonds. The van der Waals surface area contributed by atoms with Crippen molar-refractivity contribution in [3.05, 3.63) is 46.7 Å². The second-order valence-electron chi connectivity index (χ2n) is 3.65. The summed E-state index contributed by atoms with van der Waals surface area (Å²) in [5.41, 5.74) is 1.58. The van der Waals surface area contributed by atoms with Gasteiger partial charge in [-0.1, -0.05) is 0 Å². The third kappa shape index (κ3) is 2.81. The molecule has 0 saturated carbocycles. The Bertz CT molecular complexity index is 602. The second-order valence-corrected chi connectivity index (χ2v) is 4.68. The fraction of sp³-hybridized carbons (Fsp3) is 0.0769. The lowest BCUT2D eigenvalue weighted by atomic mass is 10.2. The summed E-state index contributed by atoms with van der Waals surface area (Å²) in [6, 6.07) is 6.05. The Labute approximate surface area is 107 Å². The maximum absolute atomic E-state index is 12.8.